The van der Waals surface area contributed by atoms with E-state index in [-0.39, 0.29) is 0 Å². The smallest absolute Gasteiger partial charge is 0.120 e. The van der Waals surface area contributed by atoms with Crippen LogP contribution in [0.3, 0.4) is 0 Å². The summed E-state index contributed by atoms with van der Waals surface area (Å²) >= 11 is 0. The Hall–Kier alpha value is -2.56. The van der Waals surface area contributed by atoms with E-state index in [0.717, 1.165) is 37.3 Å². The van der Waals surface area contributed by atoms with Crippen molar-refractivity contribution >= 4 is 16.5 Å². The van der Waals surface area contributed by atoms with Crippen molar-refractivity contribution in [2.45, 2.75) is 20.0 Å². The average Bonchev–Trinajstić information content (AvgIpc) is 2.75. The summed E-state index contributed by atoms with van der Waals surface area (Å²) in [4.78, 5) is 4.78. The molecule has 4 nitrogen and oxygen atoms in total. The van der Waals surface area contributed by atoms with Gasteiger partial charge in [-0.3, -0.25) is 4.90 Å². The van der Waals surface area contributed by atoms with Crippen LogP contribution in [0.1, 0.15) is 11.1 Å². The third kappa shape index (κ3) is 4.72. The van der Waals surface area contributed by atoms with Crippen LogP contribution in [0, 0.1) is 13.8 Å². The number of β-amino-alcohol motifs (C(OH)–C–C–N with tert-alkyl or cyclic N) is 1. The minimum absolute atomic E-state index is 0.315. The minimum atomic E-state index is -0.492. The maximum atomic E-state index is 10.5. The zero-order valence-corrected chi connectivity index (χ0v) is 17.3. The van der Waals surface area contributed by atoms with Crippen LogP contribution >= 0.6 is 0 Å². The number of anilines is 1. The number of ether oxygens (including phenoxy) is 1. The molecular weight excluding hydrogens is 360 g/mol. The summed E-state index contributed by atoms with van der Waals surface area (Å²) in [6.45, 7) is 9.22. The van der Waals surface area contributed by atoms with Crippen LogP contribution in [0.2, 0.25) is 0 Å². The van der Waals surface area contributed by atoms with Crippen LogP contribution in [0.5, 0.6) is 5.75 Å². The van der Waals surface area contributed by atoms with E-state index in [2.05, 4.69) is 60.0 Å². The van der Waals surface area contributed by atoms with Gasteiger partial charge in [0, 0.05) is 38.4 Å². The normalized spacial score (nSPS) is 16.2. The summed E-state index contributed by atoms with van der Waals surface area (Å²) in [5.41, 5.74) is 4.04. The van der Waals surface area contributed by atoms with Crippen molar-refractivity contribution < 1.29 is 9.84 Å². The Balaban J connectivity index is 1.26. The Morgan fingerprint density at radius 2 is 1.66 bits per heavy atom. The number of piperazine rings is 1. The van der Waals surface area contributed by atoms with Gasteiger partial charge in [-0.2, -0.15) is 0 Å². The standard InChI is InChI=1S/C25H30N2O2/c1-19-6-5-9-25(20(19)2)27-14-12-26(13-15-27)17-23(28)18-29-24-11-10-21-7-3-4-8-22(21)16-24/h3-11,16,23,28H,12-15,17-18H2,1-2H3. The van der Waals surface area contributed by atoms with E-state index in [1.54, 1.807) is 0 Å². The maximum Gasteiger partial charge on any atom is 0.120 e. The van der Waals surface area contributed by atoms with E-state index in [1.807, 2.05) is 24.3 Å². The minimum Gasteiger partial charge on any atom is -0.491 e. The van der Waals surface area contributed by atoms with Gasteiger partial charge in [0.2, 0.25) is 0 Å². The first-order valence-corrected chi connectivity index (χ1v) is 10.4. The predicted molar refractivity (Wildman–Crippen MR) is 120 cm³/mol. The summed E-state index contributed by atoms with van der Waals surface area (Å²) in [7, 11) is 0. The van der Waals surface area contributed by atoms with Gasteiger partial charge in [0.15, 0.2) is 0 Å². The third-order valence-electron chi connectivity index (χ3n) is 5.92. The molecule has 1 heterocycles. The Morgan fingerprint density at radius 3 is 2.45 bits per heavy atom. The van der Waals surface area contributed by atoms with Crippen molar-refractivity contribution in [3.05, 3.63) is 71.8 Å². The van der Waals surface area contributed by atoms with Crippen LogP contribution in [0.4, 0.5) is 5.69 Å². The molecule has 1 atom stereocenters. The summed E-state index contributed by atoms with van der Waals surface area (Å²) in [5, 5.41) is 12.8. The molecule has 1 aliphatic heterocycles. The molecule has 1 aliphatic rings. The summed E-state index contributed by atoms with van der Waals surface area (Å²) in [6.07, 6.45) is -0.492. The number of fused-ring (bicyclic) bond motifs is 1. The number of rotatable bonds is 6. The summed E-state index contributed by atoms with van der Waals surface area (Å²) < 4.78 is 5.85. The lowest BCUT2D eigenvalue weighted by Crippen LogP contribution is -2.49. The van der Waals surface area contributed by atoms with Crippen molar-refractivity contribution in [2.24, 2.45) is 0 Å². The van der Waals surface area contributed by atoms with Gasteiger partial charge in [0.05, 0.1) is 0 Å². The Kier molecular flexibility index (Phi) is 6.02. The maximum absolute atomic E-state index is 10.5. The Labute approximate surface area is 173 Å². The SMILES string of the molecule is Cc1cccc(N2CCN(CC(O)COc3ccc4ccccc4c3)CC2)c1C. The van der Waals surface area contributed by atoms with Gasteiger partial charge in [-0.25, -0.2) is 0 Å². The predicted octanol–water partition coefficient (Wildman–Crippen LogP) is 4.02. The lowest BCUT2D eigenvalue weighted by Gasteiger charge is -2.37. The molecule has 4 heteroatoms. The van der Waals surface area contributed by atoms with Crippen LogP contribution < -0.4 is 9.64 Å². The highest BCUT2D eigenvalue weighted by Crippen LogP contribution is 2.24. The highest BCUT2D eigenvalue weighted by atomic mass is 16.5. The van der Waals surface area contributed by atoms with Crippen molar-refractivity contribution in [1.29, 1.82) is 0 Å². The quantitative estimate of drug-likeness (QED) is 0.690. The van der Waals surface area contributed by atoms with Crippen molar-refractivity contribution in [3.63, 3.8) is 0 Å². The molecule has 152 valence electrons. The lowest BCUT2D eigenvalue weighted by atomic mass is 10.1. The summed E-state index contributed by atoms with van der Waals surface area (Å²) in [6, 6.07) is 20.8. The van der Waals surface area contributed by atoms with Crippen molar-refractivity contribution in [1.82, 2.24) is 4.90 Å². The molecule has 0 saturated carbocycles. The van der Waals surface area contributed by atoms with Crippen LogP contribution in [0.25, 0.3) is 10.8 Å². The first kappa shape index (κ1) is 19.7. The average molecular weight is 391 g/mol. The molecule has 3 aromatic rings. The molecule has 0 aliphatic carbocycles. The van der Waals surface area contributed by atoms with Crippen LogP contribution in [-0.4, -0.2) is 55.4 Å². The molecule has 1 unspecified atom stereocenters. The number of benzene rings is 3. The van der Waals surface area contributed by atoms with Gasteiger partial charge in [0.25, 0.3) is 0 Å². The first-order chi connectivity index (χ1) is 14.1. The van der Waals surface area contributed by atoms with Gasteiger partial charge in [0.1, 0.15) is 18.5 Å². The van der Waals surface area contributed by atoms with E-state index >= 15 is 0 Å². The molecule has 0 aromatic heterocycles. The van der Waals surface area contributed by atoms with E-state index in [0.29, 0.717) is 13.2 Å². The largest absolute Gasteiger partial charge is 0.491 e. The van der Waals surface area contributed by atoms with Crippen molar-refractivity contribution in [3.8, 4) is 5.75 Å². The number of nitrogens with zero attached hydrogens (tertiary/aromatic N) is 2. The number of aryl methyl sites for hydroxylation is 1. The molecule has 1 N–H and O–H groups in total. The molecule has 29 heavy (non-hydrogen) atoms. The second kappa shape index (κ2) is 8.85. The zero-order valence-electron chi connectivity index (χ0n) is 17.3. The van der Waals surface area contributed by atoms with E-state index in [1.165, 1.54) is 22.2 Å². The summed E-state index contributed by atoms with van der Waals surface area (Å²) in [5.74, 6) is 0.808. The van der Waals surface area contributed by atoms with Gasteiger partial charge in [-0.15, -0.1) is 0 Å². The van der Waals surface area contributed by atoms with Crippen molar-refractivity contribution in [2.75, 3.05) is 44.2 Å². The number of aliphatic hydroxyl groups excluding tert-OH is 1. The van der Waals surface area contributed by atoms with Gasteiger partial charge in [-0.1, -0.05) is 42.5 Å². The second-order valence-corrected chi connectivity index (χ2v) is 7.98. The van der Waals surface area contributed by atoms with E-state index < -0.39 is 6.10 Å². The molecule has 0 bridgehead atoms. The lowest BCUT2D eigenvalue weighted by molar-refractivity contribution is 0.0663. The number of hydrogen-bond acceptors (Lipinski definition) is 4. The molecule has 0 amide bonds. The first-order valence-electron chi connectivity index (χ1n) is 10.4. The van der Waals surface area contributed by atoms with Crippen LogP contribution in [-0.2, 0) is 0 Å². The second-order valence-electron chi connectivity index (χ2n) is 7.98. The van der Waals surface area contributed by atoms with Gasteiger partial charge < -0.3 is 14.7 Å². The Bertz CT molecular complexity index is 964. The monoisotopic (exact) mass is 390 g/mol. The third-order valence-corrected chi connectivity index (χ3v) is 5.92. The molecule has 0 radical (unpaired) electrons. The molecule has 1 fully saturated rings. The fourth-order valence-corrected chi connectivity index (χ4v) is 4.05. The van der Waals surface area contributed by atoms with E-state index in [9.17, 15) is 5.11 Å². The molecular formula is C25H30N2O2. The van der Waals surface area contributed by atoms with Gasteiger partial charge in [-0.05, 0) is 53.9 Å². The van der Waals surface area contributed by atoms with Gasteiger partial charge >= 0.3 is 0 Å². The number of aliphatic hydroxyl groups is 1. The highest BCUT2D eigenvalue weighted by molar-refractivity contribution is 5.83. The molecule has 1 saturated heterocycles. The highest BCUT2D eigenvalue weighted by Gasteiger charge is 2.21. The molecule has 3 aromatic carbocycles. The van der Waals surface area contributed by atoms with Crippen LogP contribution in [0.15, 0.2) is 60.7 Å². The molecule has 0 spiro atoms. The fourth-order valence-electron chi connectivity index (χ4n) is 4.05. The fraction of sp³-hybridized carbons (Fsp3) is 0.360. The number of hydrogen-bond donors (Lipinski definition) is 1. The molecule has 4 rings (SSSR count). The van der Waals surface area contributed by atoms with E-state index in [4.69, 9.17) is 4.74 Å². The Morgan fingerprint density at radius 1 is 0.897 bits per heavy atom. The topological polar surface area (TPSA) is 35.9 Å². The zero-order chi connectivity index (χ0) is 20.2.